The highest BCUT2D eigenvalue weighted by Gasteiger charge is 2.38. The molecule has 0 amide bonds. The van der Waals surface area contributed by atoms with Gasteiger partial charge in [-0.3, -0.25) is 4.98 Å². The van der Waals surface area contributed by atoms with Crippen molar-refractivity contribution in [2.24, 2.45) is 0 Å². The van der Waals surface area contributed by atoms with Crippen molar-refractivity contribution in [1.29, 1.82) is 0 Å². The molecular formula is C25H25ClN4O3S2. The van der Waals surface area contributed by atoms with Gasteiger partial charge in [-0.15, -0.1) is 11.3 Å². The fourth-order valence-corrected chi connectivity index (χ4v) is 7.04. The van der Waals surface area contributed by atoms with Gasteiger partial charge in [0.2, 0.25) is 10.0 Å². The number of benzene rings is 1. The number of pyridine rings is 2. The lowest BCUT2D eigenvalue weighted by Gasteiger charge is -2.18. The maximum Gasteiger partial charge on any atom is 0.215 e. The van der Waals surface area contributed by atoms with Gasteiger partial charge in [-0.05, 0) is 54.1 Å². The van der Waals surface area contributed by atoms with Crippen LogP contribution in [0.25, 0.3) is 21.3 Å². The van der Waals surface area contributed by atoms with Crippen molar-refractivity contribution in [2.45, 2.75) is 37.0 Å². The fourth-order valence-electron chi connectivity index (χ4n) is 4.00. The van der Waals surface area contributed by atoms with Crippen LogP contribution in [-0.2, 0) is 10.0 Å². The molecular weight excluding hydrogens is 504 g/mol. The Morgan fingerprint density at radius 1 is 1.23 bits per heavy atom. The highest BCUT2D eigenvalue weighted by Crippen LogP contribution is 2.41. The first-order valence-corrected chi connectivity index (χ1v) is 14.0. The van der Waals surface area contributed by atoms with E-state index in [-0.39, 0.29) is 18.3 Å². The van der Waals surface area contributed by atoms with Crippen molar-refractivity contribution in [2.75, 3.05) is 12.3 Å². The second-order valence-corrected chi connectivity index (χ2v) is 12.3. The van der Waals surface area contributed by atoms with E-state index in [2.05, 4.69) is 14.7 Å². The first-order valence-electron chi connectivity index (χ1n) is 11.3. The number of nitrogens with one attached hydrogen (secondary N) is 1. The summed E-state index contributed by atoms with van der Waals surface area (Å²) < 4.78 is 29.7. The molecule has 0 radical (unpaired) electrons. The number of aliphatic hydroxyl groups is 1. The minimum absolute atomic E-state index is 0.00665. The van der Waals surface area contributed by atoms with Gasteiger partial charge in [-0.25, -0.2) is 18.1 Å². The van der Waals surface area contributed by atoms with Gasteiger partial charge in [0.1, 0.15) is 5.82 Å². The van der Waals surface area contributed by atoms with E-state index in [0.717, 1.165) is 31.8 Å². The van der Waals surface area contributed by atoms with Gasteiger partial charge < -0.3 is 10.8 Å². The molecule has 3 heterocycles. The van der Waals surface area contributed by atoms with Crippen LogP contribution in [0.2, 0.25) is 5.02 Å². The Morgan fingerprint density at radius 2 is 2.03 bits per heavy atom. The first-order chi connectivity index (χ1) is 16.8. The molecule has 0 spiro atoms. The average Bonchev–Trinajstić information content (AvgIpc) is 3.63. The van der Waals surface area contributed by atoms with Crippen LogP contribution in [0, 0.1) is 0 Å². The average molecular weight is 529 g/mol. The largest absolute Gasteiger partial charge is 0.396 e. The molecule has 1 aliphatic rings. The van der Waals surface area contributed by atoms with Crippen LogP contribution in [0.1, 0.15) is 47.9 Å². The number of thiophene rings is 1. The summed E-state index contributed by atoms with van der Waals surface area (Å²) in [4.78, 5) is 9.72. The Balaban J connectivity index is 1.63. The number of sulfonamides is 1. The molecule has 4 N–H and O–H groups in total. The van der Waals surface area contributed by atoms with Crippen LogP contribution in [0.15, 0.2) is 54.7 Å². The molecule has 1 aromatic carbocycles. The Bertz CT molecular complexity index is 1500. The molecule has 10 heteroatoms. The topological polar surface area (TPSA) is 118 Å². The van der Waals surface area contributed by atoms with Crippen LogP contribution in [0.3, 0.4) is 0 Å². The van der Waals surface area contributed by atoms with Gasteiger partial charge in [0.15, 0.2) is 0 Å². The molecule has 35 heavy (non-hydrogen) atoms. The van der Waals surface area contributed by atoms with Crippen molar-refractivity contribution < 1.29 is 13.5 Å². The number of nitrogens with two attached hydrogens (primary N) is 1. The summed E-state index contributed by atoms with van der Waals surface area (Å²) in [5, 5.41) is 10.5. The third-order valence-electron chi connectivity index (χ3n) is 6.16. The lowest BCUT2D eigenvalue weighted by Crippen LogP contribution is -2.32. The number of fused-ring (bicyclic) bond motifs is 1. The predicted octanol–water partition coefficient (Wildman–Crippen LogP) is 4.86. The molecule has 1 aliphatic carbocycles. The predicted molar refractivity (Wildman–Crippen MR) is 141 cm³/mol. The van der Waals surface area contributed by atoms with E-state index in [1.54, 1.807) is 18.3 Å². The van der Waals surface area contributed by atoms with Crippen molar-refractivity contribution in [3.8, 4) is 11.3 Å². The first kappa shape index (κ1) is 24.1. The summed E-state index contributed by atoms with van der Waals surface area (Å²) in [6.45, 7) is 2.01. The molecule has 4 aromatic rings. The van der Waals surface area contributed by atoms with E-state index in [9.17, 15) is 13.5 Å². The van der Waals surface area contributed by atoms with Crippen LogP contribution >= 0.6 is 22.9 Å². The molecule has 0 aliphatic heterocycles. The highest BCUT2D eigenvalue weighted by atomic mass is 35.5. The third-order valence-corrected chi connectivity index (χ3v) is 9.65. The van der Waals surface area contributed by atoms with E-state index in [1.807, 2.05) is 43.3 Å². The maximum absolute atomic E-state index is 12.9. The standard InChI is InChI=1S/C25H25ClN4O3S2/c1-14(13-31)15-9-10-28-20(11-15)18-4-2-3-16-12-21(34-25(16)18)24(30-35(32,33)17-5-6-17)23-19(26)7-8-22(27)29-23/h2-4,7-12,14,17,24,30-31H,5-6,13H2,1H3,(H2,27,29). The molecule has 1 fully saturated rings. The molecule has 2 atom stereocenters. The lowest BCUT2D eigenvalue weighted by atomic mass is 10.00. The molecule has 182 valence electrons. The number of nitrogen functional groups attached to an aromatic ring is 1. The summed E-state index contributed by atoms with van der Waals surface area (Å²) in [7, 11) is -3.55. The summed E-state index contributed by atoms with van der Waals surface area (Å²) in [5.74, 6) is 0.258. The second kappa shape index (κ2) is 9.48. The van der Waals surface area contributed by atoms with E-state index < -0.39 is 21.3 Å². The smallest absolute Gasteiger partial charge is 0.215 e. The molecule has 0 saturated heterocycles. The minimum atomic E-state index is -3.55. The Kier molecular flexibility index (Phi) is 6.54. The van der Waals surface area contributed by atoms with Gasteiger partial charge in [0.25, 0.3) is 0 Å². The summed E-state index contributed by atoms with van der Waals surface area (Å²) >= 11 is 7.95. The third kappa shape index (κ3) is 4.92. The molecule has 7 nitrogen and oxygen atoms in total. The minimum Gasteiger partial charge on any atom is -0.396 e. The number of halogens is 1. The number of aromatic nitrogens is 2. The van der Waals surface area contributed by atoms with E-state index in [4.69, 9.17) is 17.3 Å². The molecule has 2 unspecified atom stereocenters. The Morgan fingerprint density at radius 3 is 2.77 bits per heavy atom. The zero-order valence-electron chi connectivity index (χ0n) is 19.0. The summed E-state index contributed by atoms with van der Waals surface area (Å²) in [6, 6.07) is 14.2. The van der Waals surface area contributed by atoms with Crippen LogP contribution < -0.4 is 10.5 Å². The summed E-state index contributed by atoms with van der Waals surface area (Å²) in [6.07, 6.45) is 3.03. The van der Waals surface area contributed by atoms with Crippen molar-refractivity contribution in [1.82, 2.24) is 14.7 Å². The van der Waals surface area contributed by atoms with Gasteiger partial charge in [-0.1, -0.05) is 36.7 Å². The van der Waals surface area contributed by atoms with Crippen LogP contribution in [-0.4, -0.2) is 35.3 Å². The zero-order chi connectivity index (χ0) is 24.7. The number of rotatable bonds is 8. The van der Waals surface area contributed by atoms with Gasteiger partial charge in [-0.2, -0.15) is 0 Å². The van der Waals surface area contributed by atoms with E-state index >= 15 is 0 Å². The van der Waals surface area contributed by atoms with Crippen molar-refractivity contribution in [3.05, 3.63) is 75.9 Å². The number of anilines is 1. The number of nitrogens with zero attached hydrogens (tertiary/aromatic N) is 2. The van der Waals surface area contributed by atoms with Gasteiger partial charge in [0, 0.05) is 33.9 Å². The van der Waals surface area contributed by atoms with Crippen LogP contribution in [0.5, 0.6) is 0 Å². The Labute approximate surface area is 213 Å². The van der Waals surface area contributed by atoms with E-state index in [0.29, 0.717) is 23.6 Å². The SMILES string of the molecule is CC(CO)c1ccnc(-c2cccc3cc(C(NS(=O)(=O)C4CC4)c4nc(N)ccc4Cl)sc23)c1. The molecule has 1 saturated carbocycles. The molecule has 0 bridgehead atoms. The van der Waals surface area contributed by atoms with Crippen LogP contribution in [0.4, 0.5) is 5.82 Å². The monoisotopic (exact) mass is 528 g/mol. The van der Waals surface area contributed by atoms with Gasteiger partial charge >= 0.3 is 0 Å². The highest BCUT2D eigenvalue weighted by molar-refractivity contribution is 7.90. The number of hydrogen-bond donors (Lipinski definition) is 3. The van der Waals surface area contributed by atoms with E-state index in [1.165, 1.54) is 11.3 Å². The summed E-state index contributed by atoms with van der Waals surface area (Å²) in [5.41, 5.74) is 9.03. The van der Waals surface area contributed by atoms with Gasteiger partial charge in [0.05, 0.1) is 27.7 Å². The normalized spacial score (nSPS) is 15.9. The lowest BCUT2D eigenvalue weighted by molar-refractivity contribution is 0.273. The van der Waals surface area contributed by atoms with Crippen molar-refractivity contribution in [3.63, 3.8) is 0 Å². The molecule has 3 aromatic heterocycles. The fraction of sp³-hybridized carbons (Fsp3) is 0.280. The quantitative estimate of drug-likeness (QED) is 0.300. The molecule has 5 rings (SSSR count). The number of hydrogen-bond acceptors (Lipinski definition) is 7. The van der Waals surface area contributed by atoms with Crippen molar-refractivity contribution >= 4 is 48.9 Å². The second-order valence-electron chi connectivity index (χ2n) is 8.83. The maximum atomic E-state index is 12.9. The zero-order valence-corrected chi connectivity index (χ0v) is 21.4. The number of aliphatic hydroxyl groups excluding tert-OH is 1. The Hall–Kier alpha value is -2.56.